The molecule has 0 bridgehead atoms. The third-order valence-corrected chi connectivity index (χ3v) is 7.84. The summed E-state index contributed by atoms with van der Waals surface area (Å²) in [5.74, 6) is 2.42. The summed E-state index contributed by atoms with van der Waals surface area (Å²) in [4.78, 5) is 0. The molecular weight excluding hydrogens is 372 g/mol. The monoisotopic (exact) mass is 412 g/mol. The largest absolute Gasteiger partial charge is 0.103 e. The molecule has 31 heavy (non-hydrogen) atoms. The number of hydrogen-bond donors (Lipinski definition) is 0. The van der Waals surface area contributed by atoms with Crippen molar-refractivity contribution in [1.82, 2.24) is 0 Å². The van der Waals surface area contributed by atoms with Crippen LogP contribution in [-0.4, -0.2) is 0 Å². The summed E-state index contributed by atoms with van der Waals surface area (Å²) in [7, 11) is 0. The zero-order valence-corrected chi connectivity index (χ0v) is 19.5. The van der Waals surface area contributed by atoms with E-state index in [1.807, 2.05) is 6.08 Å². The van der Waals surface area contributed by atoms with Gasteiger partial charge in [-0.3, -0.25) is 0 Å². The van der Waals surface area contributed by atoms with Crippen LogP contribution in [0.4, 0.5) is 0 Å². The Morgan fingerprint density at radius 3 is 2.29 bits per heavy atom. The van der Waals surface area contributed by atoms with Gasteiger partial charge in [-0.25, -0.2) is 0 Å². The molecule has 1 fully saturated rings. The van der Waals surface area contributed by atoms with Gasteiger partial charge in [0.15, 0.2) is 0 Å². The number of allylic oxidation sites excluding steroid dienone is 3. The second-order valence-electron chi connectivity index (χ2n) is 9.90. The van der Waals surface area contributed by atoms with E-state index in [4.69, 9.17) is 0 Å². The summed E-state index contributed by atoms with van der Waals surface area (Å²) >= 11 is 0. The lowest BCUT2D eigenvalue weighted by molar-refractivity contribution is 0.312. The molecule has 0 aliphatic heterocycles. The predicted octanol–water partition coefficient (Wildman–Crippen LogP) is 8.71. The second-order valence-corrected chi connectivity index (χ2v) is 9.90. The van der Waals surface area contributed by atoms with Crippen molar-refractivity contribution < 1.29 is 0 Å². The maximum atomic E-state index is 3.86. The van der Waals surface area contributed by atoms with Crippen molar-refractivity contribution in [3.05, 3.63) is 95.1 Å². The first-order chi connectivity index (χ1) is 15.3. The van der Waals surface area contributed by atoms with Crippen molar-refractivity contribution in [1.29, 1.82) is 0 Å². The normalized spacial score (nSPS) is 23.6. The van der Waals surface area contributed by atoms with Crippen LogP contribution in [-0.2, 0) is 19.3 Å². The van der Waals surface area contributed by atoms with Gasteiger partial charge in [-0.05, 0) is 123 Å². The molecule has 1 unspecified atom stereocenters. The summed E-state index contributed by atoms with van der Waals surface area (Å²) in [6.07, 6.45) is 20.7. The quantitative estimate of drug-likeness (QED) is 0.380. The first kappa shape index (κ1) is 22.1. The van der Waals surface area contributed by atoms with Crippen LogP contribution in [0.5, 0.6) is 0 Å². The molecule has 4 rings (SSSR count). The standard InChI is InChI=1S/C31H40/c1-3-5-7-9-24-10-13-26(14-11-24)27-16-18-28(19-17-27)30-21-20-29-22-25(8-6-4-2)12-15-31(29)23-30/h3-5,12,15-19,22,24,26,30H,2,6-11,13-14,20-21,23H2,1H3/b5-3+. The van der Waals surface area contributed by atoms with Gasteiger partial charge in [0, 0.05) is 0 Å². The molecule has 0 spiro atoms. The Hall–Kier alpha value is -2.08. The molecule has 2 aromatic carbocycles. The van der Waals surface area contributed by atoms with Crippen molar-refractivity contribution in [2.75, 3.05) is 0 Å². The van der Waals surface area contributed by atoms with Crippen LogP contribution in [0.25, 0.3) is 0 Å². The molecule has 0 amide bonds. The summed E-state index contributed by atoms with van der Waals surface area (Å²) in [5, 5.41) is 0. The zero-order valence-electron chi connectivity index (χ0n) is 19.5. The zero-order chi connectivity index (χ0) is 21.5. The number of aryl methyl sites for hydroxylation is 2. The molecule has 1 atom stereocenters. The van der Waals surface area contributed by atoms with Gasteiger partial charge in [0.1, 0.15) is 0 Å². The Kier molecular flexibility index (Phi) is 7.84. The lowest BCUT2D eigenvalue weighted by Gasteiger charge is -2.29. The van der Waals surface area contributed by atoms with Gasteiger partial charge < -0.3 is 0 Å². The van der Waals surface area contributed by atoms with Gasteiger partial charge in [0.25, 0.3) is 0 Å². The molecule has 164 valence electrons. The van der Waals surface area contributed by atoms with Crippen molar-refractivity contribution in [3.63, 3.8) is 0 Å². The molecule has 2 aliphatic carbocycles. The molecule has 2 aromatic rings. The average molecular weight is 413 g/mol. The van der Waals surface area contributed by atoms with E-state index in [-0.39, 0.29) is 0 Å². The Balaban J connectivity index is 1.32. The van der Waals surface area contributed by atoms with E-state index in [0.29, 0.717) is 5.92 Å². The SMILES string of the molecule is C=CCCc1ccc2c(c1)CCC(c1ccc(C3CCC(CC/C=C/C)CC3)cc1)C2. The summed E-state index contributed by atoms with van der Waals surface area (Å²) < 4.78 is 0. The minimum atomic E-state index is 0.683. The van der Waals surface area contributed by atoms with Crippen molar-refractivity contribution in [2.24, 2.45) is 5.92 Å². The second kappa shape index (κ2) is 11.0. The molecular formula is C31H40. The van der Waals surface area contributed by atoms with Gasteiger partial charge in [-0.15, -0.1) is 6.58 Å². The van der Waals surface area contributed by atoms with Crippen molar-refractivity contribution in [3.8, 4) is 0 Å². The highest BCUT2D eigenvalue weighted by Gasteiger charge is 2.23. The maximum Gasteiger partial charge on any atom is -0.0118 e. The summed E-state index contributed by atoms with van der Waals surface area (Å²) in [6.45, 7) is 5.99. The Bertz CT molecular complexity index is 861. The molecule has 0 saturated heterocycles. The van der Waals surface area contributed by atoms with Gasteiger partial charge in [0.2, 0.25) is 0 Å². The highest BCUT2D eigenvalue weighted by molar-refractivity contribution is 5.38. The van der Waals surface area contributed by atoms with Crippen molar-refractivity contribution >= 4 is 0 Å². The number of fused-ring (bicyclic) bond motifs is 1. The van der Waals surface area contributed by atoms with E-state index in [1.165, 1.54) is 63.4 Å². The summed E-state index contributed by atoms with van der Waals surface area (Å²) in [5.41, 5.74) is 7.75. The third-order valence-electron chi connectivity index (χ3n) is 7.84. The number of benzene rings is 2. The fourth-order valence-corrected chi connectivity index (χ4v) is 5.84. The van der Waals surface area contributed by atoms with Crippen LogP contribution in [0.2, 0.25) is 0 Å². The highest BCUT2D eigenvalue weighted by atomic mass is 14.3. The van der Waals surface area contributed by atoms with Gasteiger partial charge in [-0.1, -0.05) is 60.7 Å². The molecule has 0 aromatic heterocycles. The van der Waals surface area contributed by atoms with Crippen LogP contribution >= 0.6 is 0 Å². The van der Waals surface area contributed by atoms with Crippen LogP contribution in [0.3, 0.4) is 0 Å². The van der Waals surface area contributed by atoms with Gasteiger partial charge in [0.05, 0.1) is 0 Å². The number of rotatable bonds is 8. The van der Waals surface area contributed by atoms with Gasteiger partial charge in [-0.2, -0.15) is 0 Å². The molecule has 0 radical (unpaired) electrons. The van der Waals surface area contributed by atoms with Crippen LogP contribution in [0.15, 0.2) is 67.3 Å². The topological polar surface area (TPSA) is 0 Å². The summed E-state index contributed by atoms with van der Waals surface area (Å²) in [6, 6.07) is 17.0. The fourth-order valence-electron chi connectivity index (χ4n) is 5.84. The van der Waals surface area contributed by atoms with E-state index in [0.717, 1.165) is 24.7 Å². The minimum absolute atomic E-state index is 0.683. The first-order valence-electron chi connectivity index (χ1n) is 12.7. The maximum absolute atomic E-state index is 3.86. The van der Waals surface area contributed by atoms with E-state index in [1.54, 1.807) is 22.3 Å². The van der Waals surface area contributed by atoms with Crippen LogP contribution < -0.4 is 0 Å². The fraction of sp³-hybridized carbons (Fsp3) is 0.484. The Morgan fingerprint density at radius 1 is 0.839 bits per heavy atom. The van der Waals surface area contributed by atoms with Crippen LogP contribution in [0, 0.1) is 5.92 Å². The minimum Gasteiger partial charge on any atom is -0.103 e. The van der Waals surface area contributed by atoms with E-state index >= 15 is 0 Å². The van der Waals surface area contributed by atoms with E-state index in [2.05, 4.69) is 68.1 Å². The third kappa shape index (κ3) is 5.79. The Morgan fingerprint density at radius 2 is 1.58 bits per heavy atom. The molecule has 0 N–H and O–H groups in total. The van der Waals surface area contributed by atoms with Gasteiger partial charge >= 0.3 is 0 Å². The smallest absolute Gasteiger partial charge is 0.0118 e. The first-order valence-corrected chi connectivity index (χ1v) is 12.7. The number of hydrogen-bond acceptors (Lipinski definition) is 0. The molecule has 0 nitrogen and oxygen atoms in total. The van der Waals surface area contributed by atoms with Crippen LogP contribution in [0.1, 0.15) is 97.9 Å². The molecule has 0 heteroatoms. The predicted molar refractivity (Wildman–Crippen MR) is 135 cm³/mol. The Labute approximate surface area is 190 Å². The van der Waals surface area contributed by atoms with E-state index in [9.17, 15) is 0 Å². The lowest BCUT2D eigenvalue weighted by atomic mass is 9.76. The molecule has 2 aliphatic rings. The highest BCUT2D eigenvalue weighted by Crippen LogP contribution is 2.39. The molecule has 1 saturated carbocycles. The van der Waals surface area contributed by atoms with E-state index < -0.39 is 0 Å². The van der Waals surface area contributed by atoms with Crippen molar-refractivity contribution in [2.45, 2.75) is 89.4 Å². The average Bonchev–Trinajstić information content (AvgIpc) is 2.83. The lowest BCUT2D eigenvalue weighted by Crippen LogP contribution is -2.14. The molecule has 0 heterocycles.